The van der Waals surface area contributed by atoms with Crippen molar-refractivity contribution in [3.05, 3.63) is 35.4 Å². The van der Waals surface area contributed by atoms with Gasteiger partial charge in [0.2, 0.25) is 0 Å². The minimum Gasteiger partial charge on any atom is -0.384 e. The van der Waals surface area contributed by atoms with E-state index in [1.165, 1.54) is 11.1 Å². The van der Waals surface area contributed by atoms with Crippen LogP contribution in [0.2, 0.25) is 0 Å². The molecule has 0 amide bonds. The molecule has 0 heterocycles. The molecule has 0 fully saturated rings. The number of hydrogen-bond acceptors (Lipinski definition) is 2. The Balaban J connectivity index is 2.97. The van der Waals surface area contributed by atoms with Crippen molar-refractivity contribution in [3.8, 4) is 0 Å². The second-order valence-corrected chi connectivity index (χ2v) is 4.68. The molecule has 0 aromatic heterocycles. The second-order valence-electron chi connectivity index (χ2n) is 4.68. The molecule has 0 atom stereocenters. The van der Waals surface area contributed by atoms with Gasteiger partial charge in [0, 0.05) is 18.9 Å². The van der Waals surface area contributed by atoms with E-state index in [1.807, 2.05) is 12.1 Å². The van der Waals surface area contributed by atoms with Gasteiger partial charge in [-0.1, -0.05) is 38.1 Å². The summed E-state index contributed by atoms with van der Waals surface area (Å²) >= 11 is 0. The third-order valence-corrected chi connectivity index (χ3v) is 2.78. The normalized spacial score (nSPS) is 11.4. The van der Waals surface area contributed by atoms with Crippen molar-refractivity contribution in [3.63, 3.8) is 0 Å². The van der Waals surface area contributed by atoms with Crippen LogP contribution in [0.1, 0.15) is 31.4 Å². The molecule has 1 aromatic rings. The smallest absolute Gasteiger partial charge is 0.120 e. The number of aryl methyl sites for hydroxylation is 1. The van der Waals surface area contributed by atoms with E-state index in [9.17, 15) is 4.79 Å². The number of benzene rings is 1. The highest BCUT2D eigenvalue weighted by atomic mass is 16.5. The number of rotatable bonds is 6. The van der Waals surface area contributed by atoms with E-state index in [4.69, 9.17) is 4.74 Å². The zero-order chi connectivity index (χ0) is 12.0. The van der Waals surface area contributed by atoms with Gasteiger partial charge in [-0.25, -0.2) is 0 Å². The maximum absolute atomic E-state index is 10.4. The van der Waals surface area contributed by atoms with Crippen molar-refractivity contribution >= 4 is 6.29 Å². The van der Waals surface area contributed by atoms with Crippen LogP contribution < -0.4 is 0 Å². The molecule has 2 heteroatoms. The average molecular weight is 220 g/mol. The van der Waals surface area contributed by atoms with E-state index in [2.05, 4.69) is 26.0 Å². The summed E-state index contributed by atoms with van der Waals surface area (Å²) in [5.74, 6) is 0. The highest BCUT2D eigenvalue weighted by Gasteiger charge is 2.22. The van der Waals surface area contributed by atoms with Gasteiger partial charge in [0.25, 0.3) is 0 Å². The lowest BCUT2D eigenvalue weighted by Gasteiger charge is -2.26. The SMILES string of the molecule is COCC(C)(C)c1ccccc1CCC=O. The van der Waals surface area contributed by atoms with Gasteiger partial charge in [0.05, 0.1) is 6.61 Å². The topological polar surface area (TPSA) is 26.3 Å². The van der Waals surface area contributed by atoms with Gasteiger partial charge in [0.1, 0.15) is 6.29 Å². The van der Waals surface area contributed by atoms with Crippen LogP contribution in [0.3, 0.4) is 0 Å². The Bertz CT molecular complexity index is 342. The third-order valence-electron chi connectivity index (χ3n) is 2.78. The van der Waals surface area contributed by atoms with Crippen LogP contribution in [0.5, 0.6) is 0 Å². The summed E-state index contributed by atoms with van der Waals surface area (Å²) in [6, 6.07) is 8.28. The molecule has 0 saturated heterocycles. The molecule has 0 saturated carbocycles. The third kappa shape index (κ3) is 3.17. The molecule has 0 aliphatic carbocycles. The van der Waals surface area contributed by atoms with Crippen LogP contribution in [0.25, 0.3) is 0 Å². The Labute approximate surface area is 97.6 Å². The van der Waals surface area contributed by atoms with Gasteiger partial charge in [-0.15, -0.1) is 0 Å². The zero-order valence-corrected chi connectivity index (χ0v) is 10.3. The second kappa shape index (κ2) is 5.80. The van der Waals surface area contributed by atoms with E-state index in [1.54, 1.807) is 7.11 Å². The molecule has 0 radical (unpaired) electrons. The standard InChI is InChI=1S/C14H20O2/c1-14(2,11-16-3)13-9-5-4-7-12(13)8-6-10-15/h4-5,7,9-10H,6,8,11H2,1-3H3. The van der Waals surface area contributed by atoms with Gasteiger partial charge in [-0.3, -0.25) is 0 Å². The molecule has 0 N–H and O–H groups in total. The lowest BCUT2D eigenvalue weighted by molar-refractivity contribution is -0.107. The molecule has 1 rings (SSSR count). The Hall–Kier alpha value is -1.15. The summed E-state index contributed by atoms with van der Waals surface area (Å²) in [5, 5.41) is 0. The first-order valence-electron chi connectivity index (χ1n) is 5.63. The summed E-state index contributed by atoms with van der Waals surface area (Å²) in [4.78, 5) is 10.4. The van der Waals surface area contributed by atoms with Crippen molar-refractivity contribution in [2.75, 3.05) is 13.7 Å². The monoisotopic (exact) mass is 220 g/mol. The van der Waals surface area contributed by atoms with Gasteiger partial charge >= 0.3 is 0 Å². The zero-order valence-electron chi connectivity index (χ0n) is 10.3. The van der Waals surface area contributed by atoms with Crippen LogP contribution in [0.15, 0.2) is 24.3 Å². The van der Waals surface area contributed by atoms with E-state index >= 15 is 0 Å². The first kappa shape index (κ1) is 12.9. The van der Waals surface area contributed by atoms with Gasteiger partial charge < -0.3 is 9.53 Å². The fourth-order valence-corrected chi connectivity index (χ4v) is 2.05. The quantitative estimate of drug-likeness (QED) is 0.689. The number of ether oxygens (including phenoxy) is 1. The van der Waals surface area contributed by atoms with Crippen LogP contribution in [0.4, 0.5) is 0 Å². The molecule has 0 unspecified atom stereocenters. The van der Waals surface area contributed by atoms with Gasteiger partial charge in [-0.05, 0) is 17.5 Å². The lowest BCUT2D eigenvalue weighted by Crippen LogP contribution is -2.25. The summed E-state index contributed by atoms with van der Waals surface area (Å²) in [5.41, 5.74) is 2.52. The van der Waals surface area contributed by atoms with E-state index in [0.717, 1.165) is 12.7 Å². The molecule has 2 nitrogen and oxygen atoms in total. The number of hydrogen-bond donors (Lipinski definition) is 0. The Morgan fingerprint density at radius 2 is 2.00 bits per heavy atom. The summed E-state index contributed by atoms with van der Waals surface area (Å²) < 4.78 is 5.25. The Kier molecular flexibility index (Phi) is 4.69. The largest absolute Gasteiger partial charge is 0.384 e. The minimum atomic E-state index is -0.00573. The maximum atomic E-state index is 10.4. The summed E-state index contributed by atoms with van der Waals surface area (Å²) in [6.07, 6.45) is 2.37. The molecule has 0 aliphatic rings. The summed E-state index contributed by atoms with van der Waals surface area (Å²) in [6.45, 7) is 5.01. The fourth-order valence-electron chi connectivity index (χ4n) is 2.05. The molecule has 0 bridgehead atoms. The molecular formula is C14H20O2. The average Bonchev–Trinajstić information content (AvgIpc) is 2.26. The van der Waals surface area contributed by atoms with Crippen molar-refractivity contribution in [2.45, 2.75) is 32.1 Å². The van der Waals surface area contributed by atoms with Crippen LogP contribution in [-0.4, -0.2) is 20.0 Å². The van der Waals surface area contributed by atoms with Crippen LogP contribution in [0, 0.1) is 0 Å². The van der Waals surface area contributed by atoms with E-state index in [0.29, 0.717) is 13.0 Å². The number of aldehydes is 1. The van der Waals surface area contributed by atoms with Crippen molar-refractivity contribution in [1.82, 2.24) is 0 Å². The molecule has 0 aliphatic heterocycles. The first-order valence-corrected chi connectivity index (χ1v) is 5.63. The van der Waals surface area contributed by atoms with Gasteiger partial charge in [0.15, 0.2) is 0 Å². The maximum Gasteiger partial charge on any atom is 0.120 e. The predicted molar refractivity (Wildman–Crippen MR) is 65.7 cm³/mol. The van der Waals surface area contributed by atoms with Crippen molar-refractivity contribution in [1.29, 1.82) is 0 Å². The van der Waals surface area contributed by atoms with Crippen molar-refractivity contribution in [2.24, 2.45) is 0 Å². The fraction of sp³-hybridized carbons (Fsp3) is 0.500. The van der Waals surface area contributed by atoms with E-state index < -0.39 is 0 Å². The lowest BCUT2D eigenvalue weighted by atomic mass is 9.81. The molecular weight excluding hydrogens is 200 g/mol. The Morgan fingerprint density at radius 3 is 2.62 bits per heavy atom. The molecule has 88 valence electrons. The minimum absolute atomic E-state index is 0.00573. The molecule has 0 spiro atoms. The van der Waals surface area contributed by atoms with Crippen LogP contribution in [-0.2, 0) is 21.4 Å². The summed E-state index contributed by atoms with van der Waals surface area (Å²) in [7, 11) is 1.72. The van der Waals surface area contributed by atoms with Crippen molar-refractivity contribution < 1.29 is 9.53 Å². The first-order chi connectivity index (χ1) is 7.61. The number of carbonyl (C=O) groups excluding carboxylic acids is 1. The predicted octanol–water partition coefficient (Wildman–Crippen LogP) is 2.74. The van der Waals surface area contributed by atoms with E-state index in [-0.39, 0.29) is 5.41 Å². The molecule has 16 heavy (non-hydrogen) atoms. The molecule has 1 aromatic carbocycles. The number of methoxy groups -OCH3 is 1. The highest BCUT2D eigenvalue weighted by Crippen LogP contribution is 2.27. The highest BCUT2D eigenvalue weighted by molar-refractivity contribution is 5.50. The van der Waals surface area contributed by atoms with Crippen LogP contribution >= 0.6 is 0 Å². The Morgan fingerprint density at radius 1 is 1.31 bits per heavy atom. The number of carbonyl (C=O) groups is 1. The van der Waals surface area contributed by atoms with Gasteiger partial charge in [-0.2, -0.15) is 0 Å².